The summed E-state index contributed by atoms with van der Waals surface area (Å²) >= 11 is 5.91. The predicted molar refractivity (Wildman–Crippen MR) is 72.7 cm³/mol. The number of carbonyl (C=O) groups is 1. The Morgan fingerprint density at radius 2 is 2.00 bits per heavy atom. The van der Waals surface area contributed by atoms with Crippen LogP contribution in [0.3, 0.4) is 0 Å². The van der Waals surface area contributed by atoms with E-state index >= 15 is 0 Å². The van der Waals surface area contributed by atoms with Crippen molar-refractivity contribution in [1.29, 1.82) is 0 Å². The molecule has 1 atom stereocenters. The lowest BCUT2D eigenvalue weighted by atomic mass is 10.1. The van der Waals surface area contributed by atoms with E-state index in [0.29, 0.717) is 15.3 Å². The minimum Gasteiger partial charge on any atom is -0.619 e. The van der Waals surface area contributed by atoms with E-state index in [1.54, 1.807) is 6.07 Å². The highest BCUT2D eigenvalue weighted by molar-refractivity contribution is 6.30. The molecule has 0 radical (unpaired) electrons. The first-order valence-electron chi connectivity index (χ1n) is 5.81. The van der Waals surface area contributed by atoms with Crippen LogP contribution in [0.15, 0.2) is 48.8 Å². The van der Waals surface area contributed by atoms with Gasteiger partial charge in [0.15, 0.2) is 12.4 Å². The largest absolute Gasteiger partial charge is 0.619 e. The summed E-state index contributed by atoms with van der Waals surface area (Å²) in [5, 5.41) is 14.4. The van der Waals surface area contributed by atoms with Crippen molar-refractivity contribution in [3.63, 3.8) is 0 Å². The highest BCUT2D eigenvalue weighted by Crippen LogP contribution is 2.17. The molecule has 1 heterocycles. The Labute approximate surface area is 116 Å². The molecular weight excluding hydrogens is 264 g/mol. The van der Waals surface area contributed by atoms with Crippen LogP contribution >= 0.6 is 11.6 Å². The van der Waals surface area contributed by atoms with Gasteiger partial charge in [-0.25, -0.2) is 0 Å². The van der Waals surface area contributed by atoms with Gasteiger partial charge in [-0.05, 0) is 24.6 Å². The Kier molecular flexibility index (Phi) is 4.02. The highest BCUT2D eigenvalue weighted by Gasteiger charge is 2.12. The van der Waals surface area contributed by atoms with Crippen molar-refractivity contribution < 1.29 is 9.52 Å². The molecule has 1 aromatic carbocycles. The molecule has 0 spiro atoms. The number of rotatable bonds is 3. The first-order chi connectivity index (χ1) is 9.06. The second-order valence-corrected chi connectivity index (χ2v) is 4.63. The van der Waals surface area contributed by atoms with Crippen LogP contribution in [0.4, 0.5) is 0 Å². The van der Waals surface area contributed by atoms with Gasteiger partial charge in [0, 0.05) is 17.2 Å². The van der Waals surface area contributed by atoms with E-state index in [0.717, 1.165) is 5.56 Å². The van der Waals surface area contributed by atoms with E-state index in [1.807, 2.05) is 25.1 Å². The summed E-state index contributed by atoms with van der Waals surface area (Å²) in [5.74, 6) is -0.229. The van der Waals surface area contributed by atoms with Crippen molar-refractivity contribution >= 4 is 17.5 Å². The van der Waals surface area contributed by atoms with E-state index in [1.165, 1.54) is 24.5 Å². The molecule has 1 unspecified atom stereocenters. The minimum absolute atomic E-state index is 0.161. The number of amides is 1. The molecule has 1 aromatic heterocycles. The van der Waals surface area contributed by atoms with Crippen LogP contribution in [0.2, 0.25) is 5.02 Å². The van der Waals surface area contributed by atoms with Crippen LogP contribution in [0.25, 0.3) is 0 Å². The summed E-state index contributed by atoms with van der Waals surface area (Å²) in [6.45, 7) is 1.88. The number of aromatic nitrogens is 1. The summed E-state index contributed by atoms with van der Waals surface area (Å²) in [4.78, 5) is 12.0. The van der Waals surface area contributed by atoms with Gasteiger partial charge < -0.3 is 10.5 Å². The molecule has 0 bridgehead atoms. The van der Waals surface area contributed by atoms with Gasteiger partial charge in [-0.2, -0.15) is 4.73 Å². The summed E-state index contributed by atoms with van der Waals surface area (Å²) in [5.41, 5.74) is 1.37. The Hall–Kier alpha value is -2.07. The smallest absolute Gasteiger partial charge is 0.252 e. The van der Waals surface area contributed by atoms with Crippen molar-refractivity contribution in [3.8, 4) is 0 Å². The molecule has 0 saturated carbocycles. The van der Waals surface area contributed by atoms with Gasteiger partial charge in [-0.3, -0.25) is 4.79 Å². The van der Waals surface area contributed by atoms with E-state index < -0.39 is 0 Å². The highest BCUT2D eigenvalue weighted by atomic mass is 35.5. The van der Waals surface area contributed by atoms with Crippen molar-refractivity contribution in [2.24, 2.45) is 0 Å². The lowest BCUT2D eigenvalue weighted by molar-refractivity contribution is -0.605. The topological polar surface area (TPSA) is 56.0 Å². The zero-order valence-electron chi connectivity index (χ0n) is 10.3. The van der Waals surface area contributed by atoms with Gasteiger partial charge in [0.25, 0.3) is 5.91 Å². The maximum Gasteiger partial charge on any atom is 0.252 e. The molecule has 2 aromatic rings. The predicted octanol–water partition coefficient (Wildman–Crippen LogP) is 2.46. The van der Waals surface area contributed by atoms with Crippen LogP contribution in [0.1, 0.15) is 28.9 Å². The Morgan fingerprint density at radius 3 is 2.63 bits per heavy atom. The zero-order valence-corrected chi connectivity index (χ0v) is 11.1. The van der Waals surface area contributed by atoms with Gasteiger partial charge in [0.2, 0.25) is 0 Å². The molecule has 1 amide bonds. The average Bonchev–Trinajstić information content (AvgIpc) is 2.39. The van der Waals surface area contributed by atoms with Crippen LogP contribution < -0.4 is 10.0 Å². The van der Waals surface area contributed by atoms with Gasteiger partial charge >= 0.3 is 0 Å². The third kappa shape index (κ3) is 3.45. The maximum atomic E-state index is 12.0. The van der Waals surface area contributed by atoms with Crippen LogP contribution in [-0.2, 0) is 0 Å². The molecule has 19 heavy (non-hydrogen) atoms. The Morgan fingerprint density at radius 1 is 1.32 bits per heavy atom. The number of hydrogen-bond donors (Lipinski definition) is 1. The van der Waals surface area contributed by atoms with Crippen molar-refractivity contribution in [2.45, 2.75) is 13.0 Å². The van der Waals surface area contributed by atoms with Crippen LogP contribution in [0.5, 0.6) is 0 Å². The van der Waals surface area contributed by atoms with Gasteiger partial charge in [0.1, 0.15) is 0 Å². The number of benzene rings is 1. The van der Waals surface area contributed by atoms with Crippen LogP contribution in [-0.4, -0.2) is 5.91 Å². The van der Waals surface area contributed by atoms with Crippen molar-refractivity contribution in [2.75, 3.05) is 0 Å². The second kappa shape index (κ2) is 5.71. The second-order valence-electron chi connectivity index (χ2n) is 4.20. The van der Waals surface area contributed by atoms with Gasteiger partial charge in [-0.1, -0.05) is 23.7 Å². The SMILES string of the molecule is CC(NC(=O)c1cc[n+]([O-])cc1)c1cccc(Cl)c1. The number of nitrogens with zero attached hydrogens (tertiary/aromatic N) is 1. The molecule has 0 fully saturated rings. The lowest BCUT2D eigenvalue weighted by Gasteiger charge is -2.14. The summed E-state index contributed by atoms with van der Waals surface area (Å²) in [6, 6.07) is 10.1. The fourth-order valence-electron chi connectivity index (χ4n) is 1.70. The summed E-state index contributed by atoms with van der Waals surface area (Å²) in [6.07, 6.45) is 2.58. The third-order valence-electron chi connectivity index (χ3n) is 2.76. The number of hydrogen-bond acceptors (Lipinski definition) is 2. The molecule has 0 aliphatic rings. The van der Waals surface area contributed by atoms with Crippen molar-refractivity contribution in [1.82, 2.24) is 5.32 Å². The Balaban J connectivity index is 2.08. The molecule has 4 nitrogen and oxygen atoms in total. The molecule has 98 valence electrons. The zero-order chi connectivity index (χ0) is 13.8. The molecule has 0 saturated heterocycles. The number of halogens is 1. The first kappa shape index (κ1) is 13.4. The van der Waals surface area contributed by atoms with Gasteiger partial charge in [-0.15, -0.1) is 0 Å². The third-order valence-corrected chi connectivity index (χ3v) is 3.00. The normalized spacial score (nSPS) is 11.9. The Bertz CT molecular complexity index is 584. The first-order valence-corrected chi connectivity index (χ1v) is 6.19. The van der Waals surface area contributed by atoms with Crippen LogP contribution in [0, 0.1) is 5.21 Å². The summed E-state index contributed by atoms with van der Waals surface area (Å²) < 4.78 is 0.636. The van der Waals surface area contributed by atoms with E-state index in [-0.39, 0.29) is 11.9 Å². The molecule has 0 aliphatic heterocycles. The fourth-order valence-corrected chi connectivity index (χ4v) is 1.90. The molecule has 2 rings (SSSR count). The number of nitrogens with one attached hydrogen (secondary N) is 1. The van der Waals surface area contributed by atoms with E-state index in [2.05, 4.69) is 5.32 Å². The molecule has 1 N–H and O–H groups in total. The van der Waals surface area contributed by atoms with E-state index in [9.17, 15) is 10.0 Å². The standard InChI is InChI=1S/C14H13ClN2O2/c1-10(12-3-2-4-13(15)9-12)16-14(18)11-5-7-17(19)8-6-11/h2-10H,1H3,(H,16,18). The average molecular weight is 277 g/mol. The van der Waals surface area contributed by atoms with Gasteiger partial charge in [0.05, 0.1) is 11.6 Å². The molecular formula is C14H13ClN2O2. The minimum atomic E-state index is -0.229. The number of pyridine rings is 1. The number of carbonyl (C=O) groups excluding carboxylic acids is 1. The fraction of sp³-hybridized carbons (Fsp3) is 0.143. The molecule has 5 heteroatoms. The lowest BCUT2D eigenvalue weighted by Crippen LogP contribution is -2.29. The van der Waals surface area contributed by atoms with E-state index in [4.69, 9.17) is 11.6 Å². The summed E-state index contributed by atoms with van der Waals surface area (Å²) in [7, 11) is 0. The van der Waals surface area contributed by atoms with Crippen molar-refractivity contribution in [3.05, 3.63) is 70.1 Å². The quantitative estimate of drug-likeness (QED) is 0.692. The maximum absolute atomic E-state index is 12.0. The monoisotopic (exact) mass is 276 g/mol. The molecule has 0 aliphatic carbocycles.